The molecule has 1 rings (SSSR count). The molecule has 1 atom stereocenters. The molecule has 0 unspecified atom stereocenters. The van der Waals surface area contributed by atoms with Gasteiger partial charge in [0.1, 0.15) is 0 Å². The van der Waals surface area contributed by atoms with Gasteiger partial charge in [-0.05, 0) is 24.1 Å². The molecule has 0 aliphatic carbocycles. The number of rotatable bonds is 3. The maximum absolute atomic E-state index is 12.7. The number of halogens is 2. The van der Waals surface area contributed by atoms with Crippen LogP contribution in [-0.2, 0) is 0 Å². The average Bonchev–Trinajstić information content (AvgIpc) is 2.10. The van der Waals surface area contributed by atoms with Gasteiger partial charge in [-0.3, -0.25) is 0 Å². The summed E-state index contributed by atoms with van der Waals surface area (Å²) in [7, 11) is 0. The Labute approximate surface area is 75.0 Å². The maximum atomic E-state index is 12.7. The molecule has 13 heavy (non-hydrogen) atoms. The minimum absolute atomic E-state index is 0.0693. The summed E-state index contributed by atoms with van der Waals surface area (Å²) in [5, 5.41) is 8.57. The van der Waals surface area contributed by atoms with E-state index in [4.69, 9.17) is 10.8 Å². The van der Waals surface area contributed by atoms with Gasteiger partial charge in [0.2, 0.25) is 0 Å². The van der Waals surface area contributed by atoms with Crippen molar-refractivity contribution in [3.63, 3.8) is 0 Å². The van der Waals surface area contributed by atoms with E-state index in [-0.39, 0.29) is 6.61 Å². The Balaban J connectivity index is 2.84. The topological polar surface area (TPSA) is 46.2 Å². The van der Waals surface area contributed by atoms with Crippen LogP contribution in [0.25, 0.3) is 0 Å². The summed E-state index contributed by atoms with van der Waals surface area (Å²) < 4.78 is 25.2. The first kappa shape index (κ1) is 10.1. The third-order valence-corrected chi connectivity index (χ3v) is 1.81. The summed E-state index contributed by atoms with van der Waals surface area (Å²) in [6.45, 7) is -0.0693. The van der Waals surface area contributed by atoms with Crippen molar-refractivity contribution >= 4 is 0 Å². The third kappa shape index (κ3) is 2.47. The lowest BCUT2D eigenvalue weighted by molar-refractivity contribution is 0.276. The lowest BCUT2D eigenvalue weighted by atomic mass is 10.1. The zero-order valence-corrected chi connectivity index (χ0v) is 7.00. The van der Waals surface area contributed by atoms with Crippen molar-refractivity contribution in [1.29, 1.82) is 0 Å². The molecule has 0 amide bonds. The molecule has 0 saturated heterocycles. The fourth-order valence-electron chi connectivity index (χ4n) is 1.05. The molecular formula is C9H11F2NO. The number of hydrogen-bond donors (Lipinski definition) is 2. The molecule has 4 heteroatoms. The number of benzene rings is 1. The van der Waals surface area contributed by atoms with Gasteiger partial charge in [0.05, 0.1) is 0 Å². The Hall–Kier alpha value is -1.00. The maximum Gasteiger partial charge on any atom is 0.159 e. The van der Waals surface area contributed by atoms with Gasteiger partial charge in [-0.2, -0.15) is 0 Å². The lowest BCUT2D eigenvalue weighted by Gasteiger charge is -2.09. The van der Waals surface area contributed by atoms with E-state index in [0.29, 0.717) is 12.0 Å². The van der Waals surface area contributed by atoms with Gasteiger partial charge < -0.3 is 10.8 Å². The third-order valence-electron chi connectivity index (χ3n) is 1.81. The highest BCUT2D eigenvalue weighted by atomic mass is 19.2. The molecule has 3 N–H and O–H groups in total. The molecule has 0 spiro atoms. The van der Waals surface area contributed by atoms with Crippen LogP contribution in [0.4, 0.5) is 8.78 Å². The van der Waals surface area contributed by atoms with Crippen molar-refractivity contribution < 1.29 is 13.9 Å². The first-order valence-electron chi connectivity index (χ1n) is 3.96. The first-order chi connectivity index (χ1) is 6.15. The van der Waals surface area contributed by atoms with E-state index < -0.39 is 17.7 Å². The Morgan fingerprint density at radius 2 is 2.00 bits per heavy atom. The normalized spacial score (nSPS) is 12.9. The van der Waals surface area contributed by atoms with Crippen LogP contribution in [0.15, 0.2) is 18.2 Å². The SMILES string of the molecule is N[C@@H](CCO)c1ccc(F)c(F)c1. The number of aliphatic hydroxyl groups excluding tert-OH is 1. The fourth-order valence-corrected chi connectivity index (χ4v) is 1.05. The largest absolute Gasteiger partial charge is 0.396 e. The van der Waals surface area contributed by atoms with Crippen molar-refractivity contribution in [3.8, 4) is 0 Å². The van der Waals surface area contributed by atoms with Gasteiger partial charge in [-0.1, -0.05) is 6.07 Å². The molecule has 0 aliphatic rings. The van der Waals surface area contributed by atoms with Crippen LogP contribution < -0.4 is 5.73 Å². The lowest BCUT2D eigenvalue weighted by Crippen LogP contribution is -2.12. The van der Waals surface area contributed by atoms with Crippen molar-refractivity contribution in [1.82, 2.24) is 0 Å². The number of nitrogens with two attached hydrogens (primary N) is 1. The van der Waals surface area contributed by atoms with Gasteiger partial charge in [0, 0.05) is 12.6 Å². The number of aliphatic hydroxyl groups is 1. The van der Waals surface area contributed by atoms with Crippen LogP contribution in [0, 0.1) is 11.6 Å². The van der Waals surface area contributed by atoms with Crippen LogP contribution in [0.1, 0.15) is 18.0 Å². The molecule has 72 valence electrons. The highest BCUT2D eigenvalue weighted by Gasteiger charge is 2.08. The average molecular weight is 187 g/mol. The second kappa shape index (κ2) is 4.30. The smallest absolute Gasteiger partial charge is 0.159 e. The molecule has 0 fully saturated rings. The molecule has 1 aromatic rings. The minimum Gasteiger partial charge on any atom is -0.396 e. The predicted molar refractivity (Wildman–Crippen MR) is 45.0 cm³/mol. The van der Waals surface area contributed by atoms with Crippen molar-refractivity contribution in [3.05, 3.63) is 35.4 Å². The van der Waals surface area contributed by atoms with Crippen molar-refractivity contribution in [2.24, 2.45) is 5.73 Å². The van der Waals surface area contributed by atoms with E-state index in [9.17, 15) is 8.78 Å². The molecule has 0 aliphatic heterocycles. The van der Waals surface area contributed by atoms with E-state index in [0.717, 1.165) is 12.1 Å². The Kier molecular flexibility index (Phi) is 3.33. The quantitative estimate of drug-likeness (QED) is 0.750. The summed E-state index contributed by atoms with van der Waals surface area (Å²) >= 11 is 0. The van der Waals surface area contributed by atoms with Crippen LogP contribution in [0.5, 0.6) is 0 Å². The summed E-state index contributed by atoms with van der Waals surface area (Å²) in [4.78, 5) is 0. The Morgan fingerprint density at radius 1 is 1.31 bits per heavy atom. The van der Waals surface area contributed by atoms with Crippen LogP contribution in [0.3, 0.4) is 0 Å². The van der Waals surface area contributed by atoms with Crippen molar-refractivity contribution in [2.45, 2.75) is 12.5 Å². The molecule has 2 nitrogen and oxygen atoms in total. The van der Waals surface area contributed by atoms with Gasteiger partial charge in [-0.15, -0.1) is 0 Å². The predicted octanol–water partition coefficient (Wildman–Crippen LogP) is 1.35. The van der Waals surface area contributed by atoms with Gasteiger partial charge in [0.15, 0.2) is 11.6 Å². The van der Waals surface area contributed by atoms with E-state index in [1.807, 2.05) is 0 Å². The standard InChI is InChI=1S/C9H11F2NO/c10-7-2-1-6(5-8(7)11)9(12)3-4-13/h1-2,5,9,13H,3-4,12H2/t9-/m0/s1. The van der Waals surface area contributed by atoms with E-state index in [2.05, 4.69) is 0 Å². The molecule has 0 radical (unpaired) electrons. The summed E-state index contributed by atoms with van der Waals surface area (Å²) in [5.41, 5.74) is 6.07. The molecule has 1 aromatic carbocycles. The number of hydrogen-bond acceptors (Lipinski definition) is 2. The summed E-state index contributed by atoms with van der Waals surface area (Å²) in [6.07, 6.45) is 0.338. The van der Waals surface area contributed by atoms with Crippen LogP contribution in [-0.4, -0.2) is 11.7 Å². The second-order valence-electron chi connectivity index (χ2n) is 2.79. The van der Waals surface area contributed by atoms with Gasteiger partial charge in [-0.25, -0.2) is 8.78 Å². The van der Waals surface area contributed by atoms with E-state index in [1.165, 1.54) is 6.07 Å². The Bertz CT molecular complexity index is 291. The molecular weight excluding hydrogens is 176 g/mol. The first-order valence-corrected chi connectivity index (χ1v) is 3.96. The highest BCUT2D eigenvalue weighted by Crippen LogP contribution is 2.16. The van der Waals surface area contributed by atoms with E-state index in [1.54, 1.807) is 0 Å². The van der Waals surface area contributed by atoms with Crippen LogP contribution >= 0.6 is 0 Å². The fraction of sp³-hybridized carbons (Fsp3) is 0.333. The van der Waals surface area contributed by atoms with Crippen LogP contribution in [0.2, 0.25) is 0 Å². The Morgan fingerprint density at radius 3 is 2.54 bits per heavy atom. The second-order valence-corrected chi connectivity index (χ2v) is 2.79. The zero-order chi connectivity index (χ0) is 9.84. The van der Waals surface area contributed by atoms with E-state index >= 15 is 0 Å². The highest BCUT2D eigenvalue weighted by molar-refractivity contribution is 5.20. The summed E-state index contributed by atoms with van der Waals surface area (Å²) in [6, 6.07) is 3.05. The molecule has 0 heterocycles. The monoisotopic (exact) mass is 187 g/mol. The molecule has 0 bridgehead atoms. The van der Waals surface area contributed by atoms with Gasteiger partial charge in [0.25, 0.3) is 0 Å². The molecule has 0 aromatic heterocycles. The molecule has 0 saturated carbocycles. The van der Waals surface area contributed by atoms with Crippen molar-refractivity contribution in [2.75, 3.05) is 6.61 Å². The zero-order valence-electron chi connectivity index (χ0n) is 7.00. The van der Waals surface area contributed by atoms with Gasteiger partial charge >= 0.3 is 0 Å². The summed E-state index contributed by atoms with van der Waals surface area (Å²) in [5.74, 6) is -1.80. The minimum atomic E-state index is -0.911.